The topological polar surface area (TPSA) is 85.8 Å². The number of nitrogens with one attached hydrogen (secondary N) is 1. The predicted octanol–water partition coefficient (Wildman–Crippen LogP) is 3.36. The van der Waals surface area contributed by atoms with E-state index in [1.165, 1.54) is 6.33 Å². The molecular formula is C18H21N5O2. The minimum atomic E-state index is 0.0637. The summed E-state index contributed by atoms with van der Waals surface area (Å²) in [5, 5.41) is 4.16. The molecule has 1 N–H and O–H groups in total. The lowest BCUT2D eigenvalue weighted by Crippen LogP contribution is -2.17. The van der Waals surface area contributed by atoms with Gasteiger partial charge in [0.15, 0.2) is 5.78 Å². The first-order chi connectivity index (χ1) is 12.1. The Morgan fingerprint density at radius 3 is 2.96 bits per heavy atom. The van der Waals surface area contributed by atoms with Crippen LogP contribution in [0.4, 0.5) is 5.82 Å². The monoisotopic (exact) mass is 339 g/mol. The second kappa shape index (κ2) is 5.98. The van der Waals surface area contributed by atoms with Crippen LogP contribution in [-0.4, -0.2) is 30.8 Å². The highest BCUT2D eigenvalue weighted by Gasteiger charge is 2.38. The van der Waals surface area contributed by atoms with Gasteiger partial charge in [-0.15, -0.1) is 0 Å². The molecule has 0 atom stereocenters. The summed E-state index contributed by atoms with van der Waals surface area (Å²) in [5.41, 5.74) is 1.14. The fourth-order valence-electron chi connectivity index (χ4n) is 3.04. The number of anilines is 1. The molecule has 0 spiro atoms. The zero-order valence-corrected chi connectivity index (χ0v) is 14.5. The third-order valence-electron chi connectivity index (χ3n) is 4.74. The molecule has 3 heterocycles. The summed E-state index contributed by atoms with van der Waals surface area (Å²) >= 11 is 0. The molecular weight excluding hydrogens is 318 g/mol. The quantitative estimate of drug-likeness (QED) is 0.664. The Balaban J connectivity index is 1.59. The maximum Gasteiger partial charge on any atom is 0.232 e. The third kappa shape index (κ3) is 3.14. The van der Waals surface area contributed by atoms with Gasteiger partial charge < -0.3 is 14.3 Å². The summed E-state index contributed by atoms with van der Waals surface area (Å²) in [6.07, 6.45) is 10.3. The number of aromatic nitrogens is 4. The van der Waals surface area contributed by atoms with Crippen LogP contribution < -0.4 is 5.32 Å². The van der Waals surface area contributed by atoms with Crippen LogP contribution in [0.1, 0.15) is 48.7 Å². The second-order valence-electron chi connectivity index (χ2n) is 6.95. The largest absolute Gasteiger partial charge is 0.442 e. The van der Waals surface area contributed by atoms with Crippen LogP contribution in [0.15, 0.2) is 29.5 Å². The molecule has 1 aliphatic rings. The van der Waals surface area contributed by atoms with E-state index >= 15 is 0 Å². The zero-order valence-electron chi connectivity index (χ0n) is 14.5. The Hall–Kier alpha value is -2.70. The zero-order chi connectivity index (χ0) is 17.4. The van der Waals surface area contributed by atoms with Gasteiger partial charge in [-0.25, -0.2) is 15.0 Å². The number of Topliss-reactive ketones (excluding diaryl/α,β-unsaturated/α-hetero) is 1. The van der Waals surface area contributed by atoms with Gasteiger partial charge in [0, 0.05) is 30.9 Å². The van der Waals surface area contributed by atoms with Crippen LogP contribution in [0.25, 0.3) is 11.1 Å². The minimum Gasteiger partial charge on any atom is -0.442 e. The normalized spacial score (nSPS) is 15.4. The van der Waals surface area contributed by atoms with Crippen molar-refractivity contribution in [1.29, 1.82) is 0 Å². The smallest absolute Gasteiger partial charge is 0.232 e. The number of carbonyl (C=O) groups excluding carboxylic acids is 1. The maximum atomic E-state index is 12.8. The highest BCUT2D eigenvalue weighted by atomic mass is 16.3. The molecule has 4 rings (SSSR count). The van der Waals surface area contributed by atoms with Crippen molar-refractivity contribution in [1.82, 2.24) is 19.5 Å². The van der Waals surface area contributed by atoms with Crippen LogP contribution in [0, 0.1) is 6.92 Å². The van der Waals surface area contributed by atoms with Gasteiger partial charge in [-0.3, -0.25) is 4.79 Å². The van der Waals surface area contributed by atoms with Crippen LogP contribution in [0.3, 0.4) is 0 Å². The molecule has 0 aliphatic heterocycles. The summed E-state index contributed by atoms with van der Waals surface area (Å²) in [7, 11) is 0. The number of ketones is 1. The average molecular weight is 339 g/mol. The highest BCUT2D eigenvalue weighted by molar-refractivity contribution is 6.11. The van der Waals surface area contributed by atoms with Gasteiger partial charge in [0.25, 0.3) is 0 Å². The Kier molecular flexibility index (Phi) is 3.78. The van der Waals surface area contributed by atoms with Gasteiger partial charge in [-0.1, -0.05) is 0 Å². The average Bonchev–Trinajstić information content (AvgIpc) is 2.99. The number of nitrogens with zero attached hydrogens (tertiary/aromatic N) is 4. The molecule has 25 heavy (non-hydrogen) atoms. The van der Waals surface area contributed by atoms with Crippen molar-refractivity contribution in [2.24, 2.45) is 0 Å². The molecule has 0 radical (unpaired) electrons. The van der Waals surface area contributed by atoms with Gasteiger partial charge >= 0.3 is 0 Å². The molecule has 7 heteroatoms. The number of aryl methyl sites for hydroxylation is 2. The van der Waals surface area contributed by atoms with Crippen molar-refractivity contribution in [3.63, 3.8) is 0 Å². The van der Waals surface area contributed by atoms with Crippen molar-refractivity contribution in [2.45, 2.75) is 51.6 Å². The van der Waals surface area contributed by atoms with Crippen LogP contribution >= 0.6 is 0 Å². The number of carbonyl (C=O) groups is 1. The summed E-state index contributed by atoms with van der Waals surface area (Å²) in [6.45, 7) is 4.73. The lowest BCUT2D eigenvalue weighted by atomic mass is 10.0. The molecule has 0 aromatic carbocycles. The Labute approximate surface area is 145 Å². The van der Waals surface area contributed by atoms with Crippen LogP contribution in [-0.2, 0) is 6.54 Å². The van der Waals surface area contributed by atoms with E-state index in [9.17, 15) is 4.79 Å². The second-order valence-corrected chi connectivity index (χ2v) is 6.95. The van der Waals surface area contributed by atoms with Crippen molar-refractivity contribution < 1.29 is 9.21 Å². The summed E-state index contributed by atoms with van der Waals surface area (Å²) in [5.74, 6) is 1.36. The van der Waals surface area contributed by atoms with E-state index in [0.717, 1.165) is 25.8 Å². The van der Waals surface area contributed by atoms with Crippen molar-refractivity contribution in [2.75, 3.05) is 5.32 Å². The number of imidazole rings is 1. The highest BCUT2D eigenvalue weighted by Crippen LogP contribution is 2.40. The number of hydrogen-bond acceptors (Lipinski definition) is 6. The van der Waals surface area contributed by atoms with Crippen molar-refractivity contribution in [3.05, 3.63) is 36.4 Å². The van der Waals surface area contributed by atoms with E-state index in [4.69, 9.17) is 4.42 Å². The molecule has 0 amide bonds. The Morgan fingerprint density at radius 2 is 2.24 bits per heavy atom. The van der Waals surface area contributed by atoms with Crippen LogP contribution in [0.2, 0.25) is 0 Å². The summed E-state index contributed by atoms with van der Waals surface area (Å²) in [4.78, 5) is 25.4. The third-order valence-corrected chi connectivity index (χ3v) is 4.74. The number of rotatable bonds is 7. The molecule has 0 bridgehead atoms. The van der Waals surface area contributed by atoms with Crippen molar-refractivity contribution in [3.8, 4) is 0 Å². The number of fused-ring (bicyclic) bond motifs is 1. The SMILES string of the molecule is Cc1oc2ncnc(NC3(C)CC3)c2c1C(=O)CCCn1ccnc1. The number of hydrogen-bond donors (Lipinski definition) is 1. The van der Waals surface area contributed by atoms with Gasteiger partial charge in [-0.05, 0) is 33.1 Å². The lowest BCUT2D eigenvalue weighted by Gasteiger charge is -2.13. The summed E-state index contributed by atoms with van der Waals surface area (Å²) in [6, 6.07) is 0. The molecule has 1 aliphatic carbocycles. The van der Waals surface area contributed by atoms with Crippen molar-refractivity contribution >= 4 is 22.7 Å². The maximum absolute atomic E-state index is 12.8. The van der Waals surface area contributed by atoms with Gasteiger partial charge in [0.2, 0.25) is 5.71 Å². The fourth-order valence-corrected chi connectivity index (χ4v) is 3.04. The Bertz CT molecular complexity index is 909. The minimum absolute atomic E-state index is 0.0637. The molecule has 0 unspecified atom stereocenters. The molecule has 1 fully saturated rings. The predicted molar refractivity (Wildman–Crippen MR) is 93.6 cm³/mol. The fraction of sp³-hybridized carbons (Fsp3) is 0.444. The van der Waals surface area contributed by atoms with E-state index in [2.05, 4.69) is 27.2 Å². The molecule has 3 aromatic heterocycles. The molecule has 130 valence electrons. The molecule has 1 saturated carbocycles. The summed E-state index contributed by atoms with van der Waals surface area (Å²) < 4.78 is 7.69. The first-order valence-corrected chi connectivity index (χ1v) is 8.57. The Morgan fingerprint density at radius 1 is 1.40 bits per heavy atom. The number of furan rings is 1. The van der Waals surface area contributed by atoms with Crippen LogP contribution in [0.5, 0.6) is 0 Å². The van der Waals surface area contributed by atoms with E-state index < -0.39 is 0 Å². The van der Waals surface area contributed by atoms with Gasteiger partial charge in [0.1, 0.15) is 17.9 Å². The van der Waals surface area contributed by atoms with E-state index in [1.807, 2.05) is 17.7 Å². The first-order valence-electron chi connectivity index (χ1n) is 8.57. The van der Waals surface area contributed by atoms with E-state index in [0.29, 0.717) is 34.7 Å². The van der Waals surface area contributed by atoms with E-state index in [-0.39, 0.29) is 11.3 Å². The molecule has 3 aromatic rings. The van der Waals surface area contributed by atoms with Gasteiger partial charge in [0.05, 0.1) is 17.3 Å². The van der Waals surface area contributed by atoms with Gasteiger partial charge in [-0.2, -0.15) is 0 Å². The lowest BCUT2D eigenvalue weighted by molar-refractivity contribution is 0.0978. The first kappa shape index (κ1) is 15.8. The molecule has 0 saturated heterocycles. The molecule has 7 nitrogen and oxygen atoms in total. The standard InChI is InChI=1S/C18H21N5O2/c1-12-14(13(24)4-3-8-23-9-7-19-11-23)15-16(22-18(2)5-6-18)20-10-21-17(15)25-12/h7,9-11H,3-6,8H2,1-2H3,(H,20,21,22). The van der Waals surface area contributed by atoms with E-state index in [1.54, 1.807) is 12.5 Å².